The molecule has 0 atom stereocenters. The summed E-state index contributed by atoms with van der Waals surface area (Å²) in [7, 11) is 0. The number of carboxylic acid groups (broad SMARTS) is 2. The highest BCUT2D eigenvalue weighted by atomic mass is 16.4. The van der Waals surface area contributed by atoms with Crippen molar-refractivity contribution in [3.05, 3.63) is 34.4 Å². The molecule has 0 aliphatic rings. The SMILES string of the molecule is CCCCc1ccc(C(=O)O)c(C(=O)O)c1CC(C)C. The minimum absolute atomic E-state index is 0.0418. The molecule has 0 fully saturated rings. The van der Waals surface area contributed by atoms with Crippen LogP contribution >= 0.6 is 0 Å². The van der Waals surface area contributed by atoms with Gasteiger partial charge in [-0.3, -0.25) is 0 Å². The van der Waals surface area contributed by atoms with E-state index in [-0.39, 0.29) is 17.0 Å². The number of aryl methyl sites for hydroxylation is 1. The largest absolute Gasteiger partial charge is 0.478 e. The quantitative estimate of drug-likeness (QED) is 0.798. The van der Waals surface area contributed by atoms with Crippen LogP contribution in [-0.4, -0.2) is 22.2 Å². The predicted molar refractivity (Wildman–Crippen MR) is 77.5 cm³/mol. The first-order chi connectivity index (χ1) is 9.38. The Morgan fingerprint density at radius 3 is 2.25 bits per heavy atom. The van der Waals surface area contributed by atoms with Gasteiger partial charge in [0.2, 0.25) is 0 Å². The summed E-state index contributed by atoms with van der Waals surface area (Å²) in [5, 5.41) is 18.6. The average Bonchev–Trinajstić information content (AvgIpc) is 2.35. The van der Waals surface area contributed by atoms with Crippen molar-refractivity contribution in [3.8, 4) is 0 Å². The molecule has 0 saturated carbocycles. The second-order valence-corrected chi connectivity index (χ2v) is 5.44. The molecule has 0 aliphatic carbocycles. The molecule has 0 aromatic heterocycles. The molecule has 4 heteroatoms. The van der Waals surface area contributed by atoms with Crippen LogP contribution in [0.2, 0.25) is 0 Å². The summed E-state index contributed by atoms with van der Waals surface area (Å²) in [5.74, 6) is -2.07. The third-order valence-electron chi connectivity index (χ3n) is 3.27. The molecule has 2 N–H and O–H groups in total. The second kappa shape index (κ2) is 7.08. The van der Waals surface area contributed by atoms with Crippen LogP contribution in [0.3, 0.4) is 0 Å². The Balaban J connectivity index is 3.43. The lowest BCUT2D eigenvalue weighted by Gasteiger charge is -2.16. The van der Waals surface area contributed by atoms with Crippen molar-refractivity contribution >= 4 is 11.9 Å². The van der Waals surface area contributed by atoms with E-state index in [0.29, 0.717) is 12.0 Å². The minimum Gasteiger partial charge on any atom is -0.478 e. The predicted octanol–water partition coefficient (Wildman–Crippen LogP) is 3.62. The highest BCUT2D eigenvalue weighted by Crippen LogP contribution is 2.24. The highest BCUT2D eigenvalue weighted by Gasteiger charge is 2.23. The minimum atomic E-state index is -1.19. The number of hydrogen-bond donors (Lipinski definition) is 2. The van der Waals surface area contributed by atoms with Crippen molar-refractivity contribution < 1.29 is 19.8 Å². The fourth-order valence-corrected chi connectivity index (χ4v) is 2.36. The monoisotopic (exact) mass is 278 g/mol. The first kappa shape index (κ1) is 16.2. The Labute approximate surface area is 119 Å². The van der Waals surface area contributed by atoms with E-state index >= 15 is 0 Å². The van der Waals surface area contributed by atoms with Crippen LogP contribution < -0.4 is 0 Å². The topological polar surface area (TPSA) is 74.6 Å². The molecule has 0 saturated heterocycles. The van der Waals surface area contributed by atoms with E-state index in [1.54, 1.807) is 6.07 Å². The Kier molecular flexibility index (Phi) is 5.74. The molecule has 1 aromatic carbocycles. The third kappa shape index (κ3) is 3.83. The zero-order valence-electron chi connectivity index (χ0n) is 12.3. The van der Waals surface area contributed by atoms with E-state index in [1.165, 1.54) is 6.07 Å². The molecule has 4 nitrogen and oxygen atoms in total. The fourth-order valence-electron chi connectivity index (χ4n) is 2.36. The lowest BCUT2D eigenvalue weighted by molar-refractivity contribution is 0.0650. The first-order valence-corrected chi connectivity index (χ1v) is 6.99. The van der Waals surface area contributed by atoms with Crippen molar-refractivity contribution in [1.82, 2.24) is 0 Å². The van der Waals surface area contributed by atoms with Gasteiger partial charge in [-0.25, -0.2) is 9.59 Å². The van der Waals surface area contributed by atoms with Crippen molar-refractivity contribution in [2.24, 2.45) is 5.92 Å². The third-order valence-corrected chi connectivity index (χ3v) is 3.27. The average molecular weight is 278 g/mol. The number of benzene rings is 1. The van der Waals surface area contributed by atoms with E-state index in [1.807, 2.05) is 13.8 Å². The van der Waals surface area contributed by atoms with Crippen molar-refractivity contribution in [3.63, 3.8) is 0 Å². The Hall–Kier alpha value is -1.84. The van der Waals surface area contributed by atoms with E-state index < -0.39 is 11.9 Å². The van der Waals surface area contributed by atoms with Crippen LogP contribution in [0.1, 0.15) is 65.5 Å². The molecule has 1 aromatic rings. The Morgan fingerprint density at radius 1 is 1.15 bits per heavy atom. The second-order valence-electron chi connectivity index (χ2n) is 5.44. The first-order valence-electron chi connectivity index (χ1n) is 6.99. The molecular formula is C16H22O4. The highest BCUT2D eigenvalue weighted by molar-refractivity contribution is 6.03. The van der Waals surface area contributed by atoms with Gasteiger partial charge in [-0.15, -0.1) is 0 Å². The molecule has 1 rings (SSSR count). The van der Waals surface area contributed by atoms with Gasteiger partial charge in [-0.05, 0) is 42.4 Å². The molecule has 110 valence electrons. The summed E-state index contributed by atoms with van der Waals surface area (Å²) in [4.78, 5) is 22.7. The number of unbranched alkanes of at least 4 members (excludes halogenated alkanes) is 1. The van der Waals surface area contributed by atoms with Gasteiger partial charge in [-0.1, -0.05) is 33.3 Å². The van der Waals surface area contributed by atoms with Crippen molar-refractivity contribution in [2.45, 2.75) is 46.5 Å². The normalized spacial score (nSPS) is 10.8. The zero-order chi connectivity index (χ0) is 15.3. The van der Waals surface area contributed by atoms with E-state index in [0.717, 1.165) is 24.8 Å². The van der Waals surface area contributed by atoms with Crippen LogP contribution in [0.4, 0.5) is 0 Å². The number of carbonyl (C=O) groups is 2. The summed E-state index contributed by atoms with van der Waals surface area (Å²) in [6, 6.07) is 3.18. The number of carboxylic acids is 2. The van der Waals surface area contributed by atoms with Crippen molar-refractivity contribution in [2.75, 3.05) is 0 Å². The molecule has 0 unspecified atom stereocenters. The molecule has 0 aliphatic heterocycles. The summed E-state index contributed by atoms with van der Waals surface area (Å²) < 4.78 is 0. The summed E-state index contributed by atoms with van der Waals surface area (Å²) in [6.07, 6.45) is 3.36. The van der Waals surface area contributed by atoms with E-state index in [9.17, 15) is 19.8 Å². The molecule has 0 bridgehead atoms. The maximum atomic E-state index is 11.5. The summed E-state index contributed by atoms with van der Waals surface area (Å²) in [6.45, 7) is 6.08. The smallest absolute Gasteiger partial charge is 0.336 e. The maximum absolute atomic E-state index is 11.5. The van der Waals surface area contributed by atoms with E-state index in [2.05, 4.69) is 6.92 Å². The van der Waals surface area contributed by atoms with Gasteiger partial charge in [0.25, 0.3) is 0 Å². The summed E-state index contributed by atoms with van der Waals surface area (Å²) in [5.41, 5.74) is 1.48. The van der Waals surface area contributed by atoms with Crippen LogP contribution in [0.25, 0.3) is 0 Å². The fraction of sp³-hybridized carbons (Fsp3) is 0.500. The standard InChI is InChI=1S/C16H22O4/c1-4-5-6-11-7-8-12(15(17)18)14(16(19)20)13(11)9-10(2)3/h7-8,10H,4-6,9H2,1-3H3,(H,17,18)(H,19,20). The molecule has 0 radical (unpaired) electrons. The van der Waals surface area contributed by atoms with Gasteiger partial charge in [0.05, 0.1) is 11.1 Å². The van der Waals surface area contributed by atoms with Crippen LogP contribution in [0, 0.1) is 5.92 Å². The van der Waals surface area contributed by atoms with Crippen LogP contribution in [0.15, 0.2) is 12.1 Å². The summed E-state index contributed by atoms with van der Waals surface area (Å²) >= 11 is 0. The van der Waals surface area contributed by atoms with Gasteiger partial charge in [0, 0.05) is 0 Å². The zero-order valence-corrected chi connectivity index (χ0v) is 12.3. The maximum Gasteiger partial charge on any atom is 0.336 e. The number of rotatable bonds is 7. The molecule has 0 spiro atoms. The Bertz CT molecular complexity index is 503. The van der Waals surface area contributed by atoms with Gasteiger partial charge in [0.15, 0.2) is 0 Å². The van der Waals surface area contributed by atoms with Gasteiger partial charge < -0.3 is 10.2 Å². The Morgan fingerprint density at radius 2 is 1.80 bits per heavy atom. The molecule has 0 heterocycles. The van der Waals surface area contributed by atoms with Crippen molar-refractivity contribution in [1.29, 1.82) is 0 Å². The van der Waals surface area contributed by atoms with Crippen LogP contribution in [0.5, 0.6) is 0 Å². The van der Waals surface area contributed by atoms with E-state index in [4.69, 9.17) is 0 Å². The molecule has 20 heavy (non-hydrogen) atoms. The van der Waals surface area contributed by atoms with Gasteiger partial charge >= 0.3 is 11.9 Å². The number of hydrogen-bond acceptors (Lipinski definition) is 2. The number of aromatic carboxylic acids is 2. The lowest BCUT2D eigenvalue weighted by Crippen LogP contribution is -2.15. The van der Waals surface area contributed by atoms with Crippen LogP contribution in [-0.2, 0) is 12.8 Å². The lowest BCUT2D eigenvalue weighted by atomic mass is 9.88. The molecule has 0 amide bonds. The molecular weight excluding hydrogens is 256 g/mol. The van der Waals surface area contributed by atoms with Gasteiger partial charge in [0.1, 0.15) is 0 Å². The van der Waals surface area contributed by atoms with Gasteiger partial charge in [-0.2, -0.15) is 0 Å².